The smallest absolute Gasteiger partial charge is 0.155 e. The molecule has 0 aliphatic heterocycles. The van der Waals surface area contributed by atoms with Gasteiger partial charge in [-0.2, -0.15) is 5.10 Å². The number of hydrogen-bond acceptors (Lipinski definition) is 5. The summed E-state index contributed by atoms with van der Waals surface area (Å²) in [6.07, 6.45) is 9.09. The van der Waals surface area contributed by atoms with E-state index in [1.54, 1.807) is 12.4 Å². The van der Waals surface area contributed by atoms with E-state index in [1.807, 2.05) is 37.6 Å². The molecular formula is C28H24FN7. The Hall–Kier alpha value is -4.43. The number of rotatable bonds is 6. The van der Waals surface area contributed by atoms with Gasteiger partial charge in [0, 0.05) is 58.8 Å². The summed E-state index contributed by atoms with van der Waals surface area (Å²) in [5.41, 5.74) is 8.72. The van der Waals surface area contributed by atoms with Gasteiger partial charge in [0.15, 0.2) is 5.65 Å². The maximum atomic E-state index is 14.1. The third-order valence-electron chi connectivity index (χ3n) is 6.28. The Morgan fingerprint density at radius 3 is 2.58 bits per heavy atom. The van der Waals surface area contributed by atoms with Gasteiger partial charge in [0.05, 0.1) is 17.4 Å². The number of H-pyrrole nitrogens is 2. The monoisotopic (exact) mass is 477 g/mol. The SMILES string of the molecule is CCNCc1cncc(-c2cnc3[nH]nc(-c4cc5c(-c6cc(C)cc(F)c6)cncc5[nH]4)c3c2)c1. The van der Waals surface area contributed by atoms with Crippen LogP contribution in [-0.2, 0) is 6.54 Å². The highest BCUT2D eigenvalue weighted by molar-refractivity contribution is 6.00. The van der Waals surface area contributed by atoms with Crippen molar-refractivity contribution in [3.05, 3.63) is 84.3 Å². The summed E-state index contributed by atoms with van der Waals surface area (Å²) in [5.74, 6) is -0.265. The molecule has 0 saturated carbocycles. The molecule has 178 valence electrons. The van der Waals surface area contributed by atoms with E-state index in [4.69, 9.17) is 0 Å². The first-order valence-electron chi connectivity index (χ1n) is 11.8. The second kappa shape index (κ2) is 8.98. The second-order valence-electron chi connectivity index (χ2n) is 8.90. The van der Waals surface area contributed by atoms with Crippen LogP contribution in [-0.4, -0.2) is 36.7 Å². The molecule has 0 bridgehead atoms. The molecule has 3 N–H and O–H groups in total. The normalized spacial score (nSPS) is 11.5. The maximum Gasteiger partial charge on any atom is 0.155 e. The molecule has 0 fully saturated rings. The lowest BCUT2D eigenvalue weighted by Crippen LogP contribution is -2.11. The molecule has 0 aliphatic carbocycles. The fourth-order valence-corrected chi connectivity index (χ4v) is 4.58. The van der Waals surface area contributed by atoms with Gasteiger partial charge in [-0.05, 0) is 60.5 Å². The zero-order valence-corrected chi connectivity index (χ0v) is 19.9. The average molecular weight is 478 g/mol. The van der Waals surface area contributed by atoms with Crippen LogP contribution in [0.25, 0.3) is 55.6 Å². The van der Waals surface area contributed by atoms with Crippen LogP contribution in [0, 0.1) is 12.7 Å². The van der Waals surface area contributed by atoms with E-state index >= 15 is 0 Å². The fraction of sp³-hybridized carbons (Fsp3) is 0.143. The highest BCUT2D eigenvalue weighted by atomic mass is 19.1. The van der Waals surface area contributed by atoms with Gasteiger partial charge >= 0.3 is 0 Å². The molecule has 5 aromatic heterocycles. The summed E-state index contributed by atoms with van der Waals surface area (Å²) in [5, 5.41) is 12.8. The molecule has 0 amide bonds. The minimum absolute atomic E-state index is 0.265. The standard InChI is InChI=1S/C28H24FN7/c1-3-30-10-17-6-19(12-31-11-17)20-8-23-27(35-36-28(23)33-13-20)25-9-22-24(14-32-15-26(22)34-25)18-4-16(2)5-21(29)7-18/h4-9,11-15,30,34H,3,10H2,1-2H3,(H,33,35,36). The Morgan fingerprint density at radius 2 is 1.72 bits per heavy atom. The van der Waals surface area contributed by atoms with Crippen molar-refractivity contribution in [3.8, 4) is 33.6 Å². The molecule has 0 aliphatic rings. The van der Waals surface area contributed by atoms with Crippen molar-refractivity contribution in [2.45, 2.75) is 20.4 Å². The van der Waals surface area contributed by atoms with Crippen LogP contribution in [0.3, 0.4) is 0 Å². The lowest BCUT2D eigenvalue weighted by atomic mass is 10.0. The van der Waals surface area contributed by atoms with E-state index in [0.29, 0.717) is 5.65 Å². The number of pyridine rings is 3. The first-order valence-corrected chi connectivity index (χ1v) is 11.8. The van der Waals surface area contributed by atoms with Gasteiger partial charge in [0.2, 0.25) is 0 Å². The van der Waals surface area contributed by atoms with Crippen LogP contribution >= 0.6 is 0 Å². The van der Waals surface area contributed by atoms with Crippen molar-refractivity contribution >= 4 is 21.9 Å². The number of aryl methyl sites for hydroxylation is 1. The Bertz CT molecular complexity index is 1700. The van der Waals surface area contributed by atoms with Gasteiger partial charge in [0.1, 0.15) is 11.5 Å². The first kappa shape index (κ1) is 22.1. The molecule has 0 saturated heterocycles. The van der Waals surface area contributed by atoms with Crippen LogP contribution in [0.4, 0.5) is 4.39 Å². The van der Waals surface area contributed by atoms with Crippen LogP contribution < -0.4 is 5.32 Å². The molecule has 0 spiro atoms. The van der Waals surface area contributed by atoms with Crippen molar-refractivity contribution in [1.29, 1.82) is 0 Å². The molecule has 5 heterocycles. The van der Waals surface area contributed by atoms with Crippen molar-refractivity contribution in [1.82, 2.24) is 35.5 Å². The number of nitrogens with zero attached hydrogens (tertiary/aromatic N) is 4. The summed E-state index contributed by atoms with van der Waals surface area (Å²) in [6.45, 7) is 5.63. The number of nitrogens with one attached hydrogen (secondary N) is 3. The lowest BCUT2D eigenvalue weighted by molar-refractivity contribution is 0.627. The van der Waals surface area contributed by atoms with E-state index in [2.05, 4.69) is 54.5 Å². The Labute approximate surface area is 206 Å². The van der Waals surface area contributed by atoms with Crippen molar-refractivity contribution < 1.29 is 4.39 Å². The van der Waals surface area contributed by atoms with E-state index in [-0.39, 0.29) is 5.82 Å². The zero-order chi connectivity index (χ0) is 24.6. The molecule has 6 aromatic rings. The largest absolute Gasteiger partial charge is 0.352 e. The number of aromatic amines is 2. The highest BCUT2D eigenvalue weighted by Gasteiger charge is 2.16. The number of hydrogen-bond donors (Lipinski definition) is 3. The number of benzene rings is 1. The van der Waals surface area contributed by atoms with Crippen LogP contribution in [0.2, 0.25) is 0 Å². The van der Waals surface area contributed by atoms with Crippen LogP contribution in [0.5, 0.6) is 0 Å². The highest BCUT2D eigenvalue weighted by Crippen LogP contribution is 2.34. The van der Waals surface area contributed by atoms with Gasteiger partial charge in [-0.25, -0.2) is 9.37 Å². The number of aromatic nitrogens is 6. The van der Waals surface area contributed by atoms with E-state index in [9.17, 15) is 4.39 Å². The molecule has 0 unspecified atom stereocenters. The lowest BCUT2D eigenvalue weighted by Gasteiger charge is -2.06. The van der Waals surface area contributed by atoms with Crippen molar-refractivity contribution in [2.24, 2.45) is 0 Å². The number of halogens is 1. The molecule has 6 rings (SSSR count). The van der Waals surface area contributed by atoms with E-state index in [1.165, 1.54) is 12.1 Å². The quantitative estimate of drug-likeness (QED) is 0.282. The van der Waals surface area contributed by atoms with Gasteiger partial charge in [-0.15, -0.1) is 0 Å². The number of fused-ring (bicyclic) bond motifs is 2. The summed E-state index contributed by atoms with van der Waals surface area (Å²) >= 11 is 0. The molecule has 8 heteroatoms. The Balaban J connectivity index is 1.44. The first-order chi connectivity index (χ1) is 17.6. The molecule has 0 radical (unpaired) electrons. The van der Waals surface area contributed by atoms with Gasteiger partial charge in [-0.3, -0.25) is 15.1 Å². The third kappa shape index (κ3) is 4.01. The maximum absolute atomic E-state index is 14.1. The summed E-state index contributed by atoms with van der Waals surface area (Å²) in [6, 6.07) is 11.3. The average Bonchev–Trinajstić information content (AvgIpc) is 3.50. The molecule has 1 aromatic carbocycles. The molecular weight excluding hydrogens is 453 g/mol. The van der Waals surface area contributed by atoms with Gasteiger partial charge in [0.25, 0.3) is 0 Å². The Morgan fingerprint density at radius 1 is 0.861 bits per heavy atom. The topological polar surface area (TPSA) is 95.2 Å². The minimum Gasteiger partial charge on any atom is -0.352 e. The predicted octanol–water partition coefficient (Wildman–Crippen LogP) is 5.79. The van der Waals surface area contributed by atoms with E-state index in [0.717, 1.165) is 74.1 Å². The van der Waals surface area contributed by atoms with Crippen LogP contribution in [0.1, 0.15) is 18.1 Å². The van der Waals surface area contributed by atoms with E-state index < -0.39 is 0 Å². The second-order valence-corrected chi connectivity index (χ2v) is 8.90. The van der Waals surface area contributed by atoms with Crippen LogP contribution in [0.15, 0.2) is 67.4 Å². The molecule has 0 atom stereocenters. The third-order valence-corrected chi connectivity index (χ3v) is 6.28. The predicted molar refractivity (Wildman–Crippen MR) is 140 cm³/mol. The summed E-state index contributed by atoms with van der Waals surface area (Å²) in [4.78, 5) is 16.8. The molecule has 7 nitrogen and oxygen atoms in total. The molecule has 36 heavy (non-hydrogen) atoms. The zero-order valence-electron chi connectivity index (χ0n) is 19.9. The van der Waals surface area contributed by atoms with Gasteiger partial charge < -0.3 is 10.3 Å². The summed E-state index contributed by atoms with van der Waals surface area (Å²) in [7, 11) is 0. The Kier molecular flexibility index (Phi) is 5.50. The fourth-order valence-electron chi connectivity index (χ4n) is 4.58. The van der Waals surface area contributed by atoms with Gasteiger partial charge in [-0.1, -0.05) is 13.0 Å². The van der Waals surface area contributed by atoms with Crippen molar-refractivity contribution in [2.75, 3.05) is 6.54 Å². The summed E-state index contributed by atoms with van der Waals surface area (Å²) < 4.78 is 14.1. The van der Waals surface area contributed by atoms with Crippen molar-refractivity contribution in [3.63, 3.8) is 0 Å². The minimum atomic E-state index is -0.265.